The maximum absolute atomic E-state index is 3.12. The summed E-state index contributed by atoms with van der Waals surface area (Å²) in [5, 5.41) is 0. The van der Waals surface area contributed by atoms with Gasteiger partial charge in [0.2, 0.25) is 0 Å². The summed E-state index contributed by atoms with van der Waals surface area (Å²) in [4.78, 5) is 0. The monoisotopic (exact) mass is 331 g/mol. The van der Waals surface area contributed by atoms with E-state index in [0.29, 0.717) is 0 Å². The Morgan fingerprint density at radius 2 is 2.00 bits per heavy atom. The van der Waals surface area contributed by atoms with Crippen LogP contribution in [-0.4, -0.2) is 0 Å². The molecule has 3 heteroatoms. The van der Waals surface area contributed by atoms with Gasteiger partial charge in [0, 0.05) is 25.8 Å². The largest absolute Gasteiger partial charge is 0.270 e. The molecule has 1 aliphatic carbocycles. The third-order valence-corrected chi connectivity index (χ3v) is 0.867. The van der Waals surface area contributed by atoms with Crippen molar-refractivity contribution in [3.05, 3.63) is 23.8 Å². The van der Waals surface area contributed by atoms with Crippen LogP contribution in [0.5, 0.6) is 0 Å². The van der Waals surface area contributed by atoms with E-state index in [1.165, 1.54) is 5.57 Å². The van der Waals surface area contributed by atoms with Crippen LogP contribution in [-0.2, 0) is 25.8 Å². The van der Waals surface area contributed by atoms with E-state index in [9.17, 15) is 0 Å². The van der Waals surface area contributed by atoms with E-state index in [-0.39, 0.29) is 50.7 Å². The van der Waals surface area contributed by atoms with Crippen molar-refractivity contribution < 1.29 is 25.8 Å². The topological polar surface area (TPSA) is 0 Å². The van der Waals surface area contributed by atoms with Gasteiger partial charge in [-0.3, -0.25) is 6.08 Å². The van der Waals surface area contributed by atoms with Gasteiger partial charge in [-0.1, -0.05) is 6.92 Å². The fourth-order valence-corrected chi connectivity index (χ4v) is 0.515. The van der Waals surface area contributed by atoms with Gasteiger partial charge < -0.3 is 0 Å². The van der Waals surface area contributed by atoms with Crippen LogP contribution in [0.1, 0.15) is 13.3 Å². The van der Waals surface area contributed by atoms with Gasteiger partial charge in [-0.05, 0) is 0 Å². The Morgan fingerprint density at radius 3 is 2.11 bits per heavy atom. The number of halogens is 2. The first kappa shape index (κ1) is 16.5. The molecule has 0 amide bonds. The van der Waals surface area contributed by atoms with E-state index in [1.807, 2.05) is 0 Å². The summed E-state index contributed by atoms with van der Waals surface area (Å²) >= 11 is 0. The molecular weight excluding hydrogens is 321 g/mol. The molecule has 0 unspecified atom stereocenters. The summed E-state index contributed by atoms with van der Waals surface area (Å²) in [6.45, 7) is 2.06. The second-order valence-electron chi connectivity index (χ2n) is 1.47. The Labute approximate surface area is 87.4 Å². The summed E-state index contributed by atoms with van der Waals surface area (Å²) in [5.41, 5.74) is 1.27. The molecule has 0 saturated heterocycles. The molecule has 0 N–H and O–H groups in total. The average molecular weight is 331 g/mol. The van der Waals surface area contributed by atoms with Crippen molar-refractivity contribution in [1.29, 1.82) is 0 Å². The zero-order valence-corrected chi connectivity index (χ0v) is 10.4. The Kier molecular flexibility index (Phi) is 16.4. The molecule has 0 aromatic carbocycles. The van der Waals surface area contributed by atoms with Gasteiger partial charge in [-0.15, -0.1) is 31.2 Å². The molecule has 0 aliphatic heterocycles. The molecular formula is C6H9Cl2Hf-. The Bertz CT molecular complexity index is 105. The zero-order chi connectivity index (χ0) is 4.41. The van der Waals surface area contributed by atoms with Crippen LogP contribution in [0.25, 0.3) is 0 Å². The Morgan fingerprint density at radius 1 is 1.44 bits per heavy atom. The van der Waals surface area contributed by atoms with Crippen LogP contribution in [0.4, 0.5) is 0 Å². The first-order valence-corrected chi connectivity index (χ1v) is 2.13. The molecule has 0 saturated carbocycles. The SMILES string of the molecule is CC1=[C-]CC=C1.Cl.Cl.[Hf]. The van der Waals surface area contributed by atoms with Crippen molar-refractivity contribution in [2.75, 3.05) is 0 Å². The van der Waals surface area contributed by atoms with E-state index >= 15 is 0 Å². The van der Waals surface area contributed by atoms with Crippen molar-refractivity contribution in [3.63, 3.8) is 0 Å². The van der Waals surface area contributed by atoms with Gasteiger partial charge in [-0.25, -0.2) is 11.6 Å². The molecule has 0 bridgehead atoms. The van der Waals surface area contributed by atoms with E-state index in [1.54, 1.807) is 0 Å². The predicted octanol–water partition coefficient (Wildman–Crippen LogP) is 2.54. The zero-order valence-electron chi connectivity index (χ0n) is 5.18. The van der Waals surface area contributed by atoms with Gasteiger partial charge in [0.05, 0.1) is 0 Å². The second-order valence-corrected chi connectivity index (χ2v) is 1.47. The van der Waals surface area contributed by atoms with E-state index < -0.39 is 0 Å². The molecule has 9 heavy (non-hydrogen) atoms. The standard InChI is InChI=1S/C6H7.2ClH.Hf/c1-6-4-2-3-5-6;;;/h2,4H,3H2,1H3;2*1H;/q-1;;;. The molecule has 1 aliphatic rings. The van der Waals surface area contributed by atoms with Crippen LogP contribution in [0.2, 0.25) is 0 Å². The number of rotatable bonds is 0. The maximum Gasteiger partial charge on any atom is 0 e. The van der Waals surface area contributed by atoms with Gasteiger partial charge in [-0.2, -0.15) is 6.08 Å². The third-order valence-electron chi connectivity index (χ3n) is 0.867. The van der Waals surface area contributed by atoms with Gasteiger partial charge in [0.15, 0.2) is 0 Å². The van der Waals surface area contributed by atoms with Crippen LogP contribution in [0.3, 0.4) is 0 Å². The van der Waals surface area contributed by atoms with Crippen molar-refractivity contribution >= 4 is 24.8 Å². The summed E-state index contributed by atoms with van der Waals surface area (Å²) in [7, 11) is 0. The second kappa shape index (κ2) is 8.93. The first-order chi connectivity index (χ1) is 2.89. The maximum atomic E-state index is 3.12. The van der Waals surface area contributed by atoms with Crippen LogP contribution >= 0.6 is 24.8 Å². The summed E-state index contributed by atoms with van der Waals surface area (Å²) in [5.74, 6) is 0. The van der Waals surface area contributed by atoms with Crippen molar-refractivity contribution in [2.45, 2.75) is 13.3 Å². The Hall–Kier alpha value is 0.930. The van der Waals surface area contributed by atoms with Crippen molar-refractivity contribution in [1.82, 2.24) is 0 Å². The fourth-order valence-electron chi connectivity index (χ4n) is 0.515. The molecule has 1 rings (SSSR count). The fraction of sp³-hybridized carbons (Fsp3) is 0.333. The van der Waals surface area contributed by atoms with Crippen LogP contribution in [0.15, 0.2) is 17.7 Å². The normalized spacial score (nSPS) is 12.3. The van der Waals surface area contributed by atoms with E-state index in [2.05, 4.69) is 25.2 Å². The van der Waals surface area contributed by atoms with Gasteiger partial charge >= 0.3 is 0 Å². The smallest absolute Gasteiger partial charge is 0 e. The molecule has 52 valence electrons. The molecule has 0 atom stereocenters. The van der Waals surface area contributed by atoms with Crippen LogP contribution < -0.4 is 0 Å². The Balaban J connectivity index is -0.000000120. The molecule has 0 radical (unpaired) electrons. The number of hydrogen-bond acceptors (Lipinski definition) is 0. The van der Waals surface area contributed by atoms with Crippen molar-refractivity contribution in [2.24, 2.45) is 0 Å². The summed E-state index contributed by atoms with van der Waals surface area (Å²) in [6.07, 6.45) is 8.33. The molecule has 0 aromatic rings. The molecule has 0 heterocycles. The minimum atomic E-state index is 0. The minimum Gasteiger partial charge on any atom is -0.270 e. The molecule has 0 fully saturated rings. The first-order valence-electron chi connectivity index (χ1n) is 2.13. The number of allylic oxidation sites excluding steroid dienone is 4. The predicted molar refractivity (Wildman–Crippen MR) is 40.7 cm³/mol. The molecule has 0 nitrogen and oxygen atoms in total. The van der Waals surface area contributed by atoms with E-state index in [0.717, 1.165) is 6.42 Å². The van der Waals surface area contributed by atoms with Gasteiger partial charge in [0.1, 0.15) is 0 Å². The van der Waals surface area contributed by atoms with Crippen molar-refractivity contribution in [3.8, 4) is 0 Å². The molecule has 0 aromatic heterocycles. The quantitative estimate of drug-likeness (QED) is 0.473. The van der Waals surface area contributed by atoms with E-state index in [4.69, 9.17) is 0 Å². The third kappa shape index (κ3) is 6.82. The summed E-state index contributed by atoms with van der Waals surface area (Å²) in [6, 6.07) is 0. The average Bonchev–Trinajstić information content (AvgIpc) is 1.86. The molecule has 0 spiro atoms. The van der Waals surface area contributed by atoms with Gasteiger partial charge in [0.25, 0.3) is 0 Å². The minimum absolute atomic E-state index is 0. The summed E-state index contributed by atoms with van der Waals surface area (Å²) < 4.78 is 0. The van der Waals surface area contributed by atoms with Crippen LogP contribution in [0, 0.1) is 6.08 Å². The number of hydrogen-bond donors (Lipinski definition) is 0.